The quantitative estimate of drug-likeness (QED) is 0.735. The largest absolute Gasteiger partial charge is 0.352 e. The van der Waals surface area contributed by atoms with Crippen molar-refractivity contribution in [1.82, 2.24) is 29.9 Å². The minimum atomic E-state index is -0.293. The number of benzene rings is 1. The maximum atomic E-state index is 13.1. The van der Waals surface area contributed by atoms with Gasteiger partial charge in [-0.05, 0) is 24.3 Å². The van der Waals surface area contributed by atoms with Crippen LogP contribution in [0.1, 0.15) is 0 Å². The van der Waals surface area contributed by atoms with Crippen LogP contribution in [0, 0.1) is 5.82 Å². The van der Waals surface area contributed by atoms with E-state index in [0.29, 0.717) is 23.4 Å². The fourth-order valence-corrected chi connectivity index (χ4v) is 3.09. The highest BCUT2D eigenvalue weighted by Crippen LogP contribution is 2.23. The first-order valence-electron chi connectivity index (χ1n) is 8.26. The van der Waals surface area contributed by atoms with Crippen molar-refractivity contribution in [3.63, 3.8) is 0 Å². The van der Waals surface area contributed by atoms with Crippen LogP contribution in [0.15, 0.2) is 30.6 Å². The van der Waals surface area contributed by atoms with E-state index in [1.54, 1.807) is 16.8 Å². The Bertz CT molecular complexity index is 854. The number of nitrogens with zero attached hydrogens (tertiary/aromatic N) is 7. The topological polar surface area (TPSA) is 89.0 Å². The molecular weight excluding hydrogens is 323 g/mol. The molecular formula is C16H19FN8. The molecule has 0 aliphatic carbocycles. The van der Waals surface area contributed by atoms with E-state index >= 15 is 0 Å². The molecule has 0 bridgehead atoms. The summed E-state index contributed by atoms with van der Waals surface area (Å²) in [6.07, 6.45) is 1.52. The van der Waals surface area contributed by atoms with Gasteiger partial charge in [-0.15, -0.1) is 5.10 Å². The third-order valence-corrected chi connectivity index (χ3v) is 4.41. The molecule has 9 heteroatoms. The van der Waals surface area contributed by atoms with E-state index < -0.39 is 0 Å². The lowest BCUT2D eigenvalue weighted by Gasteiger charge is -2.34. The van der Waals surface area contributed by atoms with Crippen LogP contribution < -0.4 is 10.6 Å². The lowest BCUT2D eigenvalue weighted by Crippen LogP contribution is -2.48. The maximum Gasteiger partial charge on any atom is 0.189 e. The molecule has 0 radical (unpaired) electrons. The van der Waals surface area contributed by atoms with Gasteiger partial charge in [0, 0.05) is 39.3 Å². The first kappa shape index (κ1) is 15.9. The summed E-state index contributed by atoms with van der Waals surface area (Å²) in [4.78, 5) is 13.3. The maximum absolute atomic E-state index is 13.1. The molecule has 3 aromatic rings. The Kier molecular flexibility index (Phi) is 4.24. The predicted octanol–water partition coefficient (Wildman–Crippen LogP) is 0.430. The molecule has 1 fully saturated rings. The lowest BCUT2D eigenvalue weighted by molar-refractivity contribution is 0.264. The molecule has 1 aliphatic heterocycles. The van der Waals surface area contributed by atoms with Crippen LogP contribution in [0.2, 0.25) is 0 Å². The number of hydrogen-bond acceptors (Lipinski definition) is 7. The second-order valence-corrected chi connectivity index (χ2v) is 5.96. The normalized spacial score (nSPS) is 15.8. The first-order valence-corrected chi connectivity index (χ1v) is 8.26. The molecule has 1 saturated heterocycles. The van der Waals surface area contributed by atoms with Crippen LogP contribution in [-0.2, 0) is 0 Å². The minimum Gasteiger partial charge on any atom is -0.352 e. The van der Waals surface area contributed by atoms with Crippen LogP contribution >= 0.6 is 0 Å². The summed E-state index contributed by atoms with van der Waals surface area (Å²) in [5.74, 6) is 0.490. The Morgan fingerprint density at radius 2 is 1.80 bits per heavy atom. The molecule has 25 heavy (non-hydrogen) atoms. The van der Waals surface area contributed by atoms with Gasteiger partial charge in [0.1, 0.15) is 12.1 Å². The molecule has 0 saturated carbocycles. The molecule has 2 N–H and O–H groups in total. The third-order valence-electron chi connectivity index (χ3n) is 4.41. The van der Waals surface area contributed by atoms with E-state index in [1.165, 1.54) is 18.5 Å². The molecule has 4 rings (SSSR count). The highest BCUT2D eigenvalue weighted by atomic mass is 19.1. The number of halogens is 1. The fourth-order valence-electron chi connectivity index (χ4n) is 3.09. The number of nitrogens with two attached hydrogens (primary N) is 1. The molecule has 0 amide bonds. The molecule has 8 nitrogen and oxygen atoms in total. The van der Waals surface area contributed by atoms with Gasteiger partial charge in [-0.2, -0.15) is 4.68 Å². The Morgan fingerprint density at radius 3 is 2.52 bits per heavy atom. The zero-order chi connectivity index (χ0) is 17.2. The van der Waals surface area contributed by atoms with Gasteiger partial charge in [-0.1, -0.05) is 5.21 Å². The van der Waals surface area contributed by atoms with Crippen molar-refractivity contribution in [2.45, 2.75) is 0 Å². The van der Waals surface area contributed by atoms with Crippen LogP contribution in [0.4, 0.5) is 10.2 Å². The summed E-state index contributed by atoms with van der Waals surface area (Å²) in [6, 6.07) is 6.08. The van der Waals surface area contributed by atoms with Gasteiger partial charge < -0.3 is 10.6 Å². The number of aromatic nitrogens is 5. The van der Waals surface area contributed by atoms with E-state index in [1.807, 2.05) is 0 Å². The summed E-state index contributed by atoms with van der Waals surface area (Å²) in [5, 5.41) is 8.45. The fraction of sp³-hybridized carbons (Fsp3) is 0.375. The lowest BCUT2D eigenvalue weighted by atomic mass is 10.3. The highest BCUT2D eigenvalue weighted by molar-refractivity contribution is 5.83. The molecule has 2 aromatic heterocycles. The van der Waals surface area contributed by atoms with Crippen molar-refractivity contribution in [3.05, 3.63) is 36.4 Å². The Morgan fingerprint density at radius 1 is 1.04 bits per heavy atom. The molecule has 1 aliphatic rings. The number of fused-ring (bicyclic) bond motifs is 1. The van der Waals surface area contributed by atoms with E-state index in [2.05, 4.69) is 30.1 Å². The standard InChI is InChI=1S/C16H19FN8/c17-12-1-3-13(4-2-12)25-16-14(21-22-25)15(19-11-20-16)24-9-7-23(6-5-18)8-10-24/h1-4,11H,5-10,18H2. The van der Waals surface area contributed by atoms with Crippen LogP contribution in [0.3, 0.4) is 0 Å². The average Bonchev–Trinajstić information content (AvgIpc) is 3.08. The zero-order valence-corrected chi connectivity index (χ0v) is 13.7. The number of anilines is 1. The summed E-state index contributed by atoms with van der Waals surface area (Å²) in [6.45, 7) is 5.17. The smallest absolute Gasteiger partial charge is 0.189 e. The van der Waals surface area contributed by atoms with Crippen molar-refractivity contribution in [3.8, 4) is 5.69 Å². The van der Waals surface area contributed by atoms with Crippen molar-refractivity contribution in [1.29, 1.82) is 0 Å². The highest BCUT2D eigenvalue weighted by Gasteiger charge is 2.22. The summed E-state index contributed by atoms with van der Waals surface area (Å²) in [5.41, 5.74) is 7.60. The number of rotatable bonds is 4. The summed E-state index contributed by atoms with van der Waals surface area (Å²) >= 11 is 0. The second-order valence-electron chi connectivity index (χ2n) is 5.96. The Labute approximate surface area is 144 Å². The number of piperazine rings is 1. The van der Waals surface area contributed by atoms with E-state index in [9.17, 15) is 4.39 Å². The summed E-state index contributed by atoms with van der Waals surface area (Å²) in [7, 11) is 0. The third kappa shape index (κ3) is 3.03. The average molecular weight is 342 g/mol. The molecule has 0 atom stereocenters. The number of hydrogen-bond donors (Lipinski definition) is 1. The van der Waals surface area contributed by atoms with Crippen molar-refractivity contribution < 1.29 is 4.39 Å². The Hall–Kier alpha value is -2.65. The molecule has 3 heterocycles. The first-order chi connectivity index (χ1) is 12.3. The Balaban J connectivity index is 1.65. The van der Waals surface area contributed by atoms with E-state index in [4.69, 9.17) is 5.73 Å². The van der Waals surface area contributed by atoms with Gasteiger partial charge in [0.25, 0.3) is 0 Å². The van der Waals surface area contributed by atoms with E-state index in [0.717, 1.165) is 38.5 Å². The zero-order valence-electron chi connectivity index (χ0n) is 13.7. The van der Waals surface area contributed by atoms with Gasteiger partial charge in [-0.3, -0.25) is 4.90 Å². The molecule has 0 spiro atoms. The molecule has 130 valence electrons. The van der Waals surface area contributed by atoms with E-state index in [-0.39, 0.29) is 5.82 Å². The van der Waals surface area contributed by atoms with Gasteiger partial charge >= 0.3 is 0 Å². The van der Waals surface area contributed by atoms with Crippen LogP contribution in [0.25, 0.3) is 16.9 Å². The monoisotopic (exact) mass is 342 g/mol. The molecule has 0 unspecified atom stereocenters. The van der Waals surface area contributed by atoms with Gasteiger partial charge in [0.05, 0.1) is 5.69 Å². The van der Waals surface area contributed by atoms with Crippen LogP contribution in [-0.4, -0.2) is 69.1 Å². The van der Waals surface area contributed by atoms with Gasteiger partial charge in [0.2, 0.25) is 0 Å². The van der Waals surface area contributed by atoms with Crippen molar-refractivity contribution >= 4 is 17.0 Å². The van der Waals surface area contributed by atoms with Gasteiger partial charge in [-0.25, -0.2) is 14.4 Å². The van der Waals surface area contributed by atoms with Crippen LogP contribution in [0.5, 0.6) is 0 Å². The van der Waals surface area contributed by atoms with Crippen molar-refractivity contribution in [2.24, 2.45) is 5.73 Å². The predicted molar refractivity (Wildman–Crippen MR) is 92.1 cm³/mol. The second kappa shape index (κ2) is 6.69. The molecule has 1 aromatic carbocycles. The van der Waals surface area contributed by atoms with Crippen molar-refractivity contribution in [2.75, 3.05) is 44.2 Å². The van der Waals surface area contributed by atoms with Gasteiger partial charge in [0.15, 0.2) is 17.0 Å². The SMILES string of the molecule is NCCN1CCN(c2ncnc3c2nnn3-c2ccc(F)cc2)CC1. The minimum absolute atomic E-state index is 0.293. The summed E-state index contributed by atoms with van der Waals surface area (Å²) < 4.78 is 14.7.